The third-order valence-corrected chi connectivity index (χ3v) is 5.61. The molecule has 2 fully saturated rings. The molecule has 2 atom stereocenters. The van der Waals surface area contributed by atoms with Crippen LogP contribution in [0.15, 0.2) is 0 Å². The molecular weight excluding hydrogens is 332 g/mol. The van der Waals surface area contributed by atoms with Gasteiger partial charge in [-0.1, -0.05) is 11.6 Å². The van der Waals surface area contributed by atoms with E-state index in [1.165, 1.54) is 0 Å². The average molecular weight is 357 g/mol. The lowest BCUT2D eigenvalue weighted by Gasteiger charge is -2.30. The van der Waals surface area contributed by atoms with Crippen LogP contribution in [0.25, 0.3) is 0 Å². The van der Waals surface area contributed by atoms with Crippen LogP contribution in [0.5, 0.6) is 0 Å². The Kier molecular flexibility index (Phi) is 5.44. The summed E-state index contributed by atoms with van der Waals surface area (Å²) in [7, 11) is 1.78. The summed E-state index contributed by atoms with van der Waals surface area (Å²) in [5.41, 5.74) is 1.09. The molecule has 2 aliphatic rings. The van der Waals surface area contributed by atoms with Crippen LogP contribution in [0, 0.1) is 18.8 Å². The zero-order valence-electron chi connectivity index (χ0n) is 14.2. The van der Waals surface area contributed by atoms with Gasteiger partial charge >= 0.3 is 0 Å². The van der Waals surface area contributed by atoms with E-state index in [-0.39, 0.29) is 24.3 Å². The van der Waals surface area contributed by atoms with Crippen molar-refractivity contribution in [2.24, 2.45) is 18.9 Å². The maximum atomic E-state index is 12.8. The van der Waals surface area contributed by atoms with E-state index in [4.69, 9.17) is 16.3 Å². The van der Waals surface area contributed by atoms with E-state index in [1.807, 2.05) is 6.92 Å². The fourth-order valence-corrected chi connectivity index (χ4v) is 3.74. The zero-order valence-corrected chi connectivity index (χ0v) is 15.0. The van der Waals surface area contributed by atoms with Gasteiger partial charge in [-0.15, -0.1) is 0 Å². The molecule has 2 unspecified atom stereocenters. The number of halogens is 1. The second-order valence-corrected chi connectivity index (χ2v) is 7.08. The molecule has 0 saturated carbocycles. The van der Waals surface area contributed by atoms with Gasteiger partial charge in [0.15, 0.2) is 5.69 Å². The van der Waals surface area contributed by atoms with Gasteiger partial charge in [0, 0.05) is 52.3 Å². The predicted octanol–water partition coefficient (Wildman–Crippen LogP) is 0.395. The van der Waals surface area contributed by atoms with Crippen LogP contribution < -0.4 is 0 Å². The van der Waals surface area contributed by atoms with Crippen LogP contribution in [0.2, 0.25) is 5.02 Å². The van der Waals surface area contributed by atoms with Gasteiger partial charge in [-0.3, -0.25) is 14.4 Å². The van der Waals surface area contributed by atoms with Gasteiger partial charge in [0.25, 0.3) is 5.91 Å². The maximum absolute atomic E-state index is 12.8. The molecule has 1 amide bonds. The smallest absolute Gasteiger partial charge is 0.275 e. The van der Waals surface area contributed by atoms with Gasteiger partial charge in [0.05, 0.1) is 23.9 Å². The Balaban J connectivity index is 1.68. The molecule has 0 bridgehead atoms. The molecule has 24 heavy (non-hydrogen) atoms. The molecule has 0 aromatic carbocycles. The number of carbonyl (C=O) groups is 1. The number of aromatic nitrogens is 2. The highest BCUT2D eigenvalue weighted by atomic mass is 35.5. The molecule has 0 radical (unpaired) electrons. The monoisotopic (exact) mass is 356 g/mol. The molecule has 3 rings (SSSR count). The van der Waals surface area contributed by atoms with Gasteiger partial charge in [0.2, 0.25) is 0 Å². The number of carbonyl (C=O) groups excluding carboxylic acids is 1. The van der Waals surface area contributed by atoms with Crippen LogP contribution in [0.3, 0.4) is 0 Å². The van der Waals surface area contributed by atoms with Crippen LogP contribution in [0.4, 0.5) is 0 Å². The molecule has 7 nitrogen and oxygen atoms in total. The first-order valence-electron chi connectivity index (χ1n) is 8.40. The Bertz CT molecular complexity index is 600. The number of morpholine rings is 1. The van der Waals surface area contributed by atoms with Gasteiger partial charge in [0.1, 0.15) is 0 Å². The molecule has 2 saturated heterocycles. The standard InChI is InChI=1S/C16H25ClN4O3/c1-11-14(17)15(18-19(11)2)16(23)21-8-12(13(9-21)10-22)7-20-3-5-24-6-4-20/h12-13,22H,3-10H2,1-2H3. The lowest BCUT2D eigenvalue weighted by Crippen LogP contribution is -2.41. The quantitative estimate of drug-likeness (QED) is 0.845. The van der Waals surface area contributed by atoms with Crippen molar-refractivity contribution in [3.05, 3.63) is 16.4 Å². The highest BCUT2D eigenvalue weighted by molar-refractivity contribution is 6.34. The highest BCUT2D eigenvalue weighted by Gasteiger charge is 2.37. The van der Waals surface area contributed by atoms with Crippen molar-refractivity contribution < 1.29 is 14.6 Å². The summed E-state index contributed by atoms with van der Waals surface area (Å²) in [6.07, 6.45) is 0. The summed E-state index contributed by atoms with van der Waals surface area (Å²) in [4.78, 5) is 16.9. The maximum Gasteiger partial charge on any atom is 0.275 e. The third-order valence-electron chi connectivity index (χ3n) is 5.16. The molecule has 1 aromatic rings. The van der Waals surface area contributed by atoms with Crippen molar-refractivity contribution in [3.63, 3.8) is 0 Å². The van der Waals surface area contributed by atoms with E-state index < -0.39 is 0 Å². The minimum absolute atomic E-state index is 0.0910. The fraction of sp³-hybridized carbons (Fsp3) is 0.750. The molecular formula is C16H25ClN4O3. The number of rotatable bonds is 4. The zero-order chi connectivity index (χ0) is 17.3. The van der Waals surface area contributed by atoms with Crippen molar-refractivity contribution >= 4 is 17.5 Å². The van der Waals surface area contributed by atoms with Crippen molar-refractivity contribution in [2.75, 3.05) is 52.5 Å². The van der Waals surface area contributed by atoms with E-state index in [9.17, 15) is 9.90 Å². The minimum atomic E-state index is -0.147. The number of likely N-dealkylation sites (tertiary alicyclic amines) is 1. The largest absolute Gasteiger partial charge is 0.396 e. The van der Waals surface area contributed by atoms with Crippen LogP contribution in [0.1, 0.15) is 16.2 Å². The number of aryl methyl sites for hydroxylation is 1. The molecule has 3 heterocycles. The number of hydrogen-bond donors (Lipinski definition) is 1. The highest BCUT2D eigenvalue weighted by Crippen LogP contribution is 2.28. The normalized spacial score (nSPS) is 25.4. The van der Waals surface area contributed by atoms with Gasteiger partial charge in [-0.05, 0) is 12.8 Å². The summed E-state index contributed by atoms with van der Waals surface area (Å²) in [6.45, 7) is 7.32. The lowest BCUT2D eigenvalue weighted by atomic mass is 9.96. The first-order valence-corrected chi connectivity index (χ1v) is 8.78. The van der Waals surface area contributed by atoms with E-state index in [1.54, 1.807) is 16.6 Å². The van der Waals surface area contributed by atoms with Crippen molar-refractivity contribution in [1.29, 1.82) is 0 Å². The number of aliphatic hydroxyl groups is 1. The Morgan fingerprint density at radius 3 is 2.58 bits per heavy atom. The summed E-state index contributed by atoms with van der Waals surface area (Å²) >= 11 is 6.25. The van der Waals surface area contributed by atoms with E-state index in [0.29, 0.717) is 23.8 Å². The summed E-state index contributed by atoms with van der Waals surface area (Å²) in [6, 6.07) is 0. The molecule has 0 spiro atoms. The minimum Gasteiger partial charge on any atom is -0.396 e. The van der Waals surface area contributed by atoms with E-state index in [2.05, 4.69) is 10.00 Å². The summed E-state index contributed by atoms with van der Waals surface area (Å²) < 4.78 is 7.01. The van der Waals surface area contributed by atoms with Crippen molar-refractivity contribution in [3.8, 4) is 0 Å². The Morgan fingerprint density at radius 1 is 1.33 bits per heavy atom. The predicted molar refractivity (Wildman–Crippen MR) is 90.2 cm³/mol. The van der Waals surface area contributed by atoms with Gasteiger partial charge < -0.3 is 14.7 Å². The second-order valence-electron chi connectivity index (χ2n) is 6.70. The number of hydrogen-bond acceptors (Lipinski definition) is 5. The first kappa shape index (κ1) is 17.7. The Labute approximate surface area is 147 Å². The number of amides is 1. The molecule has 1 N–H and O–H groups in total. The van der Waals surface area contributed by atoms with Crippen LogP contribution in [-0.4, -0.2) is 83.1 Å². The average Bonchev–Trinajstić information content (AvgIpc) is 3.11. The van der Waals surface area contributed by atoms with Crippen molar-refractivity contribution in [1.82, 2.24) is 19.6 Å². The molecule has 8 heteroatoms. The molecule has 0 aliphatic carbocycles. The van der Waals surface area contributed by atoms with E-state index >= 15 is 0 Å². The molecule has 1 aromatic heterocycles. The number of aliphatic hydroxyl groups excluding tert-OH is 1. The fourth-order valence-electron chi connectivity index (χ4n) is 3.50. The van der Waals surface area contributed by atoms with E-state index in [0.717, 1.165) is 38.5 Å². The Morgan fingerprint density at radius 2 is 2.00 bits per heavy atom. The van der Waals surface area contributed by atoms with Gasteiger partial charge in [-0.25, -0.2) is 0 Å². The van der Waals surface area contributed by atoms with Gasteiger partial charge in [-0.2, -0.15) is 5.10 Å². The molecule has 2 aliphatic heterocycles. The third kappa shape index (κ3) is 3.44. The Hall–Kier alpha value is -1.15. The van der Waals surface area contributed by atoms with Crippen molar-refractivity contribution in [2.45, 2.75) is 6.92 Å². The second kappa shape index (κ2) is 7.39. The molecule has 134 valence electrons. The van der Waals surface area contributed by atoms with Crippen LogP contribution in [-0.2, 0) is 11.8 Å². The number of ether oxygens (including phenoxy) is 1. The summed E-state index contributed by atoms with van der Waals surface area (Å²) in [5.74, 6) is 0.215. The SMILES string of the molecule is Cc1c(Cl)c(C(=O)N2CC(CO)C(CN3CCOCC3)C2)nn1C. The lowest BCUT2D eigenvalue weighted by molar-refractivity contribution is 0.0264. The summed E-state index contributed by atoms with van der Waals surface area (Å²) in [5, 5.41) is 14.4. The topological polar surface area (TPSA) is 70.8 Å². The first-order chi connectivity index (χ1) is 11.5. The number of nitrogens with zero attached hydrogens (tertiary/aromatic N) is 4. The van der Waals surface area contributed by atoms with Crippen LogP contribution >= 0.6 is 11.6 Å².